The molecule has 0 spiro atoms. The summed E-state index contributed by atoms with van der Waals surface area (Å²) in [6.45, 7) is 1.30. The number of thiazole rings is 1. The van der Waals surface area contributed by atoms with Crippen molar-refractivity contribution in [2.45, 2.75) is 32.2 Å². The summed E-state index contributed by atoms with van der Waals surface area (Å²) in [6, 6.07) is 5.74. The van der Waals surface area contributed by atoms with Crippen LogP contribution in [0.5, 0.6) is 0 Å². The molecule has 1 aliphatic carbocycles. The normalized spacial score (nSPS) is 21.0. The van der Waals surface area contributed by atoms with Gasteiger partial charge in [0.15, 0.2) is 5.13 Å². The average Bonchev–Trinajstić information content (AvgIpc) is 3.41. The number of fused-ring (bicyclic) bond motifs is 1. The third-order valence-corrected chi connectivity index (χ3v) is 6.83. The number of benzene rings is 1. The molecule has 9 heteroatoms. The summed E-state index contributed by atoms with van der Waals surface area (Å²) in [7, 11) is 0. The fourth-order valence-corrected chi connectivity index (χ4v) is 5.02. The van der Waals surface area contributed by atoms with Gasteiger partial charge in [0.1, 0.15) is 5.82 Å². The van der Waals surface area contributed by atoms with Crippen molar-refractivity contribution >= 4 is 39.9 Å². The number of carbonyl (C=O) groups excluding carboxylic acids is 3. The minimum atomic E-state index is -0.411. The maximum absolute atomic E-state index is 13.2. The molecule has 1 aromatic carbocycles. The summed E-state index contributed by atoms with van der Waals surface area (Å²) in [5, 5.41) is 3.48. The molecule has 3 aliphatic rings. The number of rotatable bonds is 4. The van der Waals surface area contributed by atoms with Crippen LogP contribution in [-0.2, 0) is 27.3 Å². The highest BCUT2D eigenvalue weighted by molar-refractivity contribution is 7.15. The Labute approximate surface area is 176 Å². The fraction of sp³-hybridized carbons (Fsp3) is 0.429. The molecule has 2 aromatic rings. The SMILES string of the molecule is O=C(Nc1nc2c(s1)CN(C(=O)C1CC(=O)N(c3ccc(F)cc3)C1)CC2)C1CC1. The Balaban J connectivity index is 1.24. The molecular weight excluding hydrogens is 407 g/mol. The number of amides is 3. The van der Waals surface area contributed by atoms with E-state index in [1.165, 1.54) is 23.5 Å². The van der Waals surface area contributed by atoms with Crippen LogP contribution in [0.3, 0.4) is 0 Å². The number of halogens is 1. The maximum atomic E-state index is 13.2. The highest BCUT2D eigenvalue weighted by atomic mass is 32.1. The molecule has 1 saturated carbocycles. The number of nitrogens with one attached hydrogen (secondary N) is 1. The summed E-state index contributed by atoms with van der Waals surface area (Å²) in [5.41, 5.74) is 1.54. The van der Waals surface area contributed by atoms with E-state index >= 15 is 0 Å². The van der Waals surface area contributed by atoms with Crippen molar-refractivity contribution in [3.8, 4) is 0 Å². The van der Waals surface area contributed by atoms with Gasteiger partial charge in [0, 0.05) is 42.4 Å². The van der Waals surface area contributed by atoms with E-state index < -0.39 is 5.92 Å². The van der Waals surface area contributed by atoms with Crippen molar-refractivity contribution in [1.29, 1.82) is 0 Å². The molecule has 5 rings (SSSR count). The van der Waals surface area contributed by atoms with Crippen molar-refractivity contribution in [3.63, 3.8) is 0 Å². The van der Waals surface area contributed by atoms with Gasteiger partial charge in [-0.3, -0.25) is 14.4 Å². The molecule has 2 fully saturated rings. The first-order valence-corrected chi connectivity index (χ1v) is 10.9. The molecule has 1 N–H and O–H groups in total. The molecule has 3 amide bonds. The predicted molar refractivity (Wildman–Crippen MR) is 109 cm³/mol. The van der Waals surface area contributed by atoms with Crippen molar-refractivity contribution in [3.05, 3.63) is 40.7 Å². The average molecular weight is 428 g/mol. The monoisotopic (exact) mass is 428 g/mol. The Kier molecular flexibility index (Phi) is 4.77. The van der Waals surface area contributed by atoms with Crippen LogP contribution in [0.15, 0.2) is 24.3 Å². The Hall–Kier alpha value is -2.81. The first-order chi connectivity index (χ1) is 14.5. The maximum Gasteiger partial charge on any atom is 0.229 e. The van der Waals surface area contributed by atoms with Gasteiger partial charge < -0.3 is 15.1 Å². The summed E-state index contributed by atoms with van der Waals surface area (Å²) in [6.07, 6.45) is 2.67. The van der Waals surface area contributed by atoms with Crippen molar-refractivity contribution in [1.82, 2.24) is 9.88 Å². The molecule has 7 nitrogen and oxygen atoms in total. The topological polar surface area (TPSA) is 82.6 Å². The van der Waals surface area contributed by atoms with E-state index in [0.717, 1.165) is 23.4 Å². The minimum absolute atomic E-state index is 0.0272. The Morgan fingerprint density at radius 1 is 1.17 bits per heavy atom. The standard InChI is InChI=1S/C21H21FN4O3S/c22-14-3-5-15(6-4-14)26-10-13(9-18(26)27)20(29)25-8-7-16-17(11-25)30-21(23-16)24-19(28)12-1-2-12/h3-6,12-13H,1-2,7-11H2,(H,23,24,28). The van der Waals surface area contributed by atoms with Crippen LogP contribution in [0.1, 0.15) is 29.8 Å². The summed E-state index contributed by atoms with van der Waals surface area (Å²) in [5.74, 6) is -0.797. The van der Waals surface area contributed by atoms with Crippen LogP contribution in [0, 0.1) is 17.7 Å². The number of aromatic nitrogens is 1. The van der Waals surface area contributed by atoms with E-state index in [-0.39, 0.29) is 35.9 Å². The number of hydrogen-bond acceptors (Lipinski definition) is 5. The Morgan fingerprint density at radius 3 is 2.67 bits per heavy atom. The highest BCUT2D eigenvalue weighted by Gasteiger charge is 2.38. The van der Waals surface area contributed by atoms with E-state index in [4.69, 9.17) is 0 Å². The number of nitrogens with zero attached hydrogens (tertiary/aromatic N) is 3. The lowest BCUT2D eigenvalue weighted by molar-refractivity contribution is -0.136. The summed E-state index contributed by atoms with van der Waals surface area (Å²) in [4.78, 5) is 46.3. The van der Waals surface area contributed by atoms with E-state index in [1.54, 1.807) is 21.9 Å². The summed E-state index contributed by atoms with van der Waals surface area (Å²) >= 11 is 1.42. The minimum Gasteiger partial charge on any atom is -0.337 e. The molecule has 1 atom stereocenters. The van der Waals surface area contributed by atoms with Crippen LogP contribution in [0.2, 0.25) is 0 Å². The molecule has 2 aliphatic heterocycles. The lowest BCUT2D eigenvalue weighted by atomic mass is 10.1. The Morgan fingerprint density at radius 2 is 1.93 bits per heavy atom. The van der Waals surface area contributed by atoms with Gasteiger partial charge in [0.05, 0.1) is 18.2 Å². The van der Waals surface area contributed by atoms with Crippen LogP contribution in [0.25, 0.3) is 0 Å². The molecule has 1 aromatic heterocycles. The van der Waals surface area contributed by atoms with E-state index in [0.29, 0.717) is 36.9 Å². The van der Waals surface area contributed by atoms with Gasteiger partial charge >= 0.3 is 0 Å². The van der Waals surface area contributed by atoms with Crippen LogP contribution in [-0.4, -0.2) is 40.7 Å². The molecule has 30 heavy (non-hydrogen) atoms. The van der Waals surface area contributed by atoms with Crippen LogP contribution >= 0.6 is 11.3 Å². The number of anilines is 2. The van der Waals surface area contributed by atoms with Crippen molar-refractivity contribution in [2.24, 2.45) is 11.8 Å². The molecule has 156 valence electrons. The van der Waals surface area contributed by atoms with E-state index in [2.05, 4.69) is 10.3 Å². The van der Waals surface area contributed by atoms with Crippen LogP contribution in [0.4, 0.5) is 15.2 Å². The smallest absolute Gasteiger partial charge is 0.229 e. The first-order valence-electron chi connectivity index (χ1n) is 10.1. The van der Waals surface area contributed by atoms with Crippen molar-refractivity contribution in [2.75, 3.05) is 23.3 Å². The third-order valence-electron chi connectivity index (χ3n) is 5.83. The molecule has 1 saturated heterocycles. The second kappa shape index (κ2) is 7.46. The van der Waals surface area contributed by atoms with E-state index in [9.17, 15) is 18.8 Å². The molecule has 0 radical (unpaired) electrons. The van der Waals surface area contributed by atoms with Gasteiger partial charge in [-0.25, -0.2) is 9.37 Å². The third kappa shape index (κ3) is 3.69. The number of hydrogen-bond donors (Lipinski definition) is 1. The second-order valence-corrected chi connectivity index (χ2v) is 9.13. The zero-order valence-corrected chi connectivity index (χ0v) is 17.1. The molecule has 0 bridgehead atoms. The number of carbonyl (C=O) groups is 3. The second-order valence-electron chi connectivity index (χ2n) is 8.04. The quantitative estimate of drug-likeness (QED) is 0.812. The first kappa shape index (κ1) is 19.2. The zero-order chi connectivity index (χ0) is 20.8. The van der Waals surface area contributed by atoms with E-state index in [1.807, 2.05) is 0 Å². The van der Waals surface area contributed by atoms with Gasteiger partial charge in [-0.05, 0) is 37.1 Å². The zero-order valence-electron chi connectivity index (χ0n) is 16.3. The van der Waals surface area contributed by atoms with Gasteiger partial charge in [-0.2, -0.15) is 0 Å². The predicted octanol–water partition coefficient (Wildman–Crippen LogP) is 2.57. The largest absolute Gasteiger partial charge is 0.337 e. The Bertz CT molecular complexity index is 1020. The van der Waals surface area contributed by atoms with Gasteiger partial charge in [0.2, 0.25) is 17.7 Å². The van der Waals surface area contributed by atoms with Crippen molar-refractivity contribution < 1.29 is 18.8 Å². The molecule has 3 heterocycles. The van der Waals surface area contributed by atoms with Gasteiger partial charge in [-0.1, -0.05) is 11.3 Å². The summed E-state index contributed by atoms with van der Waals surface area (Å²) < 4.78 is 13.2. The van der Waals surface area contributed by atoms with Gasteiger partial charge in [-0.15, -0.1) is 0 Å². The van der Waals surface area contributed by atoms with Crippen LogP contribution < -0.4 is 10.2 Å². The van der Waals surface area contributed by atoms with Gasteiger partial charge in [0.25, 0.3) is 0 Å². The molecule has 1 unspecified atom stereocenters. The highest BCUT2D eigenvalue weighted by Crippen LogP contribution is 2.34. The molecular formula is C21H21FN4O3S. The lowest BCUT2D eigenvalue weighted by Gasteiger charge is -2.28. The fourth-order valence-electron chi connectivity index (χ4n) is 3.99. The lowest BCUT2D eigenvalue weighted by Crippen LogP contribution is -2.40.